The predicted octanol–water partition coefficient (Wildman–Crippen LogP) is 3.42. The molecule has 1 nitrogen and oxygen atoms in total. The number of rotatable bonds is 2. The standard InChI is InChI=1S/C9H6Br2O/c10-8-4-1-5-9(11)7(8)3-2-6-12/h1-6H/b3-2+. The van der Waals surface area contributed by atoms with E-state index in [1.165, 1.54) is 6.08 Å². The van der Waals surface area contributed by atoms with Gasteiger partial charge in [0.25, 0.3) is 0 Å². The van der Waals surface area contributed by atoms with Crippen LogP contribution in [0.15, 0.2) is 33.2 Å². The summed E-state index contributed by atoms with van der Waals surface area (Å²) < 4.78 is 1.94. The number of hydrogen-bond donors (Lipinski definition) is 0. The van der Waals surface area contributed by atoms with Crippen molar-refractivity contribution in [1.82, 2.24) is 0 Å². The van der Waals surface area contributed by atoms with Gasteiger partial charge in [0.05, 0.1) is 0 Å². The molecule has 0 N–H and O–H groups in total. The lowest BCUT2D eigenvalue weighted by Crippen LogP contribution is -1.77. The Morgan fingerprint density at radius 3 is 2.25 bits per heavy atom. The topological polar surface area (TPSA) is 17.1 Å². The van der Waals surface area contributed by atoms with Gasteiger partial charge in [-0.05, 0) is 24.3 Å². The Labute approximate surface area is 87.7 Å². The van der Waals surface area contributed by atoms with Crippen molar-refractivity contribution in [2.45, 2.75) is 0 Å². The Morgan fingerprint density at radius 2 is 1.75 bits per heavy atom. The first-order valence-electron chi connectivity index (χ1n) is 3.31. The Morgan fingerprint density at radius 1 is 1.17 bits per heavy atom. The minimum atomic E-state index is 0.756. The molecule has 0 saturated heterocycles. The highest BCUT2D eigenvalue weighted by Crippen LogP contribution is 2.25. The van der Waals surface area contributed by atoms with E-state index < -0.39 is 0 Å². The van der Waals surface area contributed by atoms with Crippen LogP contribution in [0.2, 0.25) is 0 Å². The van der Waals surface area contributed by atoms with Crippen LogP contribution in [0, 0.1) is 0 Å². The Kier molecular flexibility index (Phi) is 3.69. The van der Waals surface area contributed by atoms with Gasteiger partial charge in [-0.1, -0.05) is 37.9 Å². The molecule has 0 heterocycles. The fourth-order valence-electron chi connectivity index (χ4n) is 0.805. The summed E-state index contributed by atoms with van der Waals surface area (Å²) in [5.74, 6) is 0. The lowest BCUT2D eigenvalue weighted by Gasteiger charge is -1.99. The molecule has 0 saturated carbocycles. The van der Waals surface area contributed by atoms with Crippen LogP contribution in [0.1, 0.15) is 5.56 Å². The highest BCUT2D eigenvalue weighted by atomic mass is 79.9. The molecule has 12 heavy (non-hydrogen) atoms. The molecule has 0 aliphatic heterocycles. The zero-order valence-electron chi connectivity index (χ0n) is 6.13. The summed E-state index contributed by atoms with van der Waals surface area (Å²) in [6, 6.07) is 5.77. The van der Waals surface area contributed by atoms with Crippen LogP contribution in [-0.4, -0.2) is 6.29 Å². The number of carbonyl (C=O) groups is 1. The molecule has 0 unspecified atom stereocenters. The van der Waals surface area contributed by atoms with E-state index in [0.717, 1.165) is 20.8 Å². The summed E-state index contributed by atoms with van der Waals surface area (Å²) in [6.45, 7) is 0. The smallest absolute Gasteiger partial charge is 0.142 e. The maximum absolute atomic E-state index is 10.1. The molecule has 0 radical (unpaired) electrons. The van der Waals surface area contributed by atoms with Gasteiger partial charge >= 0.3 is 0 Å². The summed E-state index contributed by atoms with van der Waals surface area (Å²) >= 11 is 6.76. The van der Waals surface area contributed by atoms with Gasteiger partial charge in [-0.3, -0.25) is 4.79 Å². The molecule has 0 spiro atoms. The van der Waals surface area contributed by atoms with E-state index in [1.54, 1.807) is 6.08 Å². The largest absolute Gasteiger partial charge is 0.299 e. The van der Waals surface area contributed by atoms with Crippen molar-refractivity contribution in [1.29, 1.82) is 0 Å². The number of benzene rings is 1. The number of allylic oxidation sites excluding steroid dienone is 1. The van der Waals surface area contributed by atoms with Crippen molar-refractivity contribution in [3.05, 3.63) is 38.8 Å². The second-order valence-corrected chi connectivity index (χ2v) is 3.84. The van der Waals surface area contributed by atoms with Gasteiger partial charge in [-0.25, -0.2) is 0 Å². The lowest BCUT2D eigenvalue weighted by atomic mass is 10.2. The summed E-state index contributed by atoms with van der Waals surface area (Å²) in [5.41, 5.74) is 0.976. The average molecular weight is 290 g/mol. The third-order valence-electron chi connectivity index (χ3n) is 1.34. The molecular formula is C9H6Br2O. The van der Waals surface area contributed by atoms with Crippen LogP contribution < -0.4 is 0 Å². The molecule has 0 aliphatic rings. The van der Waals surface area contributed by atoms with Gasteiger partial charge in [0.2, 0.25) is 0 Å². The minimum absolute atomic E-state index is 0.756. The third kappa shape index (κ3) is 2.29. The van der Waals surface area contributed by atoms with Gasteiger partial charge in [-0.15, -0.1) is 0 Å². The van der Waals surface area contributed by atoms with Crippen LogP contribution in [0.5, 0.6) is 0 Å². The van der Waals surface area contributed by atoms with Crippen LogP contribution in [-0.2, 0) is 4.79 Å². The van der Waals surface area contributed by atoms with Crippen molar-refractivity contribution in [2.75, 3.05) is 0 Å². The molecule has 0 atom stereocenters. The van der Waals surface area contributed by atoms with Crippen molar-refractivity contribution >= 4 is 44.2 Å². The number of carbonyl (C=O) groups excluding carboxylic acids is 1. The van der Waals surface area contributed by atoms with Gasteiger partial charge in [0.1, 0.15) is 6.29 Å². The summed E-state index contributed by atoms with van der Waals surface area (Å²) in [4.78, 5) is 10.1. The van der Waals surface area contributed by atoms with Crippen molar-refractivity contribution in [2.24, 2.45) is 0 Å². The second kappa shape index (κ2) is 4.58. The van der Waals surface area contributed by atoms with Crippen LogP contribution in [0.25, 0.3) is 6.08 Å². The molecule has 1 aromatic rings. The van der Waals surface area contributed by atoms with E-state index in [1.807, 2.05) is 18.2 Å². The molecule has 1 rings (SSSR count). The molecule has 0 bridgehead atoms. The van der Waals surface area contributed by atoms with E-state index in [-0.39, 0.29) is 0 Å². The summed E-state index contributed by atoms with van der Waals surface area (Å²) in [5, 5.41) is 0. The zero-order valence-corrected chi connectivity index (χ0v) is 9.30. The van der Waals surface area contributed by atoms with E-state index in [4.69, 9.17) is 0 Å². The Hall–Kier alpha value is -0.410. The maximum atomic E-state index is 10.1. The van der Waals surface area contributed by atoms with Crippen molar-refractivity contribution in [3.63, 3.8) is 0 Å². The van der Waals surface area contributed by atoms with Crippen molar-refractivity contribution in [3.8, 4) is 0 Å². The Balaban J connectivity index is 3.12. The van der Waals surface area contributed by atoms with E-state index >= 15 is 0 Å². The molecule has 0 fully saturated rings. The normalized spacial score (nSPS) is 10.5. The maximum Gasteiger partial charge on any atom is 0.142 e. The number of halogens is 2. The fraction of sp³-hybridized carbons (Fsp3) is 0. The monoisotopic (exact) mass is 288 g/mol. The van der Waals surface area contributed by atoms with E-state index in [9.17, 15) is 4.79 Å². The van der Waals surface area contributed by atoms with Gasteiger partial charge in [-0.2, -0.15) is 0 Å². The number of hydrogen-bond acceptors (Lipinski definition) is 1. The summed E-state index contributed by atoms with van der Waals surface area (Å²) in [7, 11) is 0. The van der Waals surface area contributed by atoms with Gasteiger partial charge in [0, 0.05) is 14.5 Å². The van der Waals surface area contributed by atoms with Gasteiger partial charge < -0.3 is 0 Å². The molecule has 0 amide bonds. The molecule has 0 aliphatic carbocycles. The van der Waals surface area contributed by atoms with Crippen LogP contribution in [0.3, 0.4) is 0 Å². The quantitative estimate of drug-likeness (QED) is 0.602. The first-order valence-corrected chi connectivity index (χ1v) is 4.90. The first-order chi connectivity index (χ1) is 5.75. The van der Waals surface area contributed by atoms with Crippen LogP contribution >= 0.6 is 31.9 Å². The highest BCUT2D eigenvalue weighted by Gasteiger charge is 1.98. The molecule has 0 aromatic heterocycles. The van der Waals surface area contributed by atoms with E-state index in [2.05, 4.69) is 31.9 Å². The average Bonchev–Trinajstić information content (AvgIpc) is 2.04. The molecular weight excluding hydrogens is 284 g/mol. The zero-order chi connectivity index (χ0) is 8.97. The first kappa shape index (κ1) is 9.68. The molecule has 62 valence electrons. The molecule has 1 aromatic carbocycles. The van der Waals surface area contributed by atoms with E-state index in [0.29, 0.717) is 0 Å². The minimum Gasteiger partial charge on any atom is -0.299 e. The second-order valence-electron chi connectivity index (χ2n) is 2.13. The fourth-order valence-corrected chi connectivity index (χ4v) is 2.07. The third-order valence-corrected chi connectivity index (χ3v) is 2.72. The highest BCUT2D eigenvalue weighted by molar-refractivity contribution is 9.11. The molecule has 3 heteroatoms. The number of aldehydes is 1. The predicted molar refractivity (Wildman–Crippen MR) is 56.9 cm³/mol. The van der Waals surface area contributed by atoms with Crippen LogP contribution in [0.4, 0.5) is 0 Å². The lowest BCUT2D eigenvalue weighted by molar-refractivity contribution is -0.104. The SMILES string of the molecule is O=C/C=C/c1c(Br)cccc1Br. The van der Waals surface area contributed by atoms with Gasteiger partial charge in [0.15, 0.2) is 0 Å². The summed E-state index contributed by atoms with van der Waals surface area (Å²) in [6.07, 6.45) is 3.97. The van der Waals surface area contributed by atoms with Crippen molar-refractivity contribution < 1.29 is 4.79 Å². The Bertz CT molecular complexity index is 298.